The third-order valence-electron chi connectivity index (χ3n) is 4.67. The summed E-state index contributed by atoms with van der Waals surface area (Å²) >= 11 is 0. The number of nitrogens with zero attached hydrogens (tertiary/aromatic N) is 2. The van der Waals surface area contributed by atoms with Crippen molar-refractivity contribution < 1.29 is 13.5 Å². The summed E-state index contributed by atoms with van der Waals surface area (Å²) in [5, 5.41) is 15.5. The van der Waals surface area contributed by atoms with Gasteiger partial charge < -0.3 is 15.7 Å². The molecule has 0 saturated heterocycles. The number of rotatable bonds is 3. The monoisotopic (exact) mass is 358 g/mol. The van der Waals surface area contributed by atoms with Crippen LogP contribution >= 0.6 is 0 Å². The zero-order valence-electron chi connectivity index (χ0n) is 13.7. The number of pyridine rings is 1. The van der Waals surface area contributed by atoms with Crippen LogP contribution in [0.25, 0.3) is 0 Å². The first-order valence-corrected chi connectivity index (χ1v) is 9.61. The van der Waals surface area contributed by atoms with E-state index in [2.05, 4.69) is 20.6 Å². The van der Waals surface area contributed by atoms with Gasteiger partial charge >= 0.3 is 0 Å². The van der Waals surface area contributed by atoms with Gasteiger partial charge in [0.2, 0.25) is 0 Å². The topological polar surface area (TPSA) is 104 Å². The molecule has 7 nitrogen and oxygen atoms in total. The summed E-state index contributed by atoms with van der Waals surface area (Å²) in [6, 6.07) is 3.55. The van der Waals surface area contributed by atoms with Gasteiger partial charge in [0.1, 0.15) is 11.4 Å². The molecule has 25 heavy (non-hydrogen) atoms. The predicted molar refractivity (Wildman–Crippen MR) is 95.4 cm³/mol. The Morgan fingerprint density at radius 1 is 1.40 bits per heavy atom. The molecule has 1 atom stereocenters. The highest BCUT2D eigenvalue weighted by molar-refractivity contribution is 7.95. The van der Waals surface area contributed by atoms with Crippen molar-refractivity contribution in [2.45, 2.75) is 25.5 Å². The van der Waals surface area contributed by atoms with Crippen LogP contribution in [0.15, 0.2) is 57.3 Å². The number of aliphatic hydroxyl groups is 1. The second kappa shape index (κ2) is 5.53. The molecule has 0 aromatic carbocycles. The molecule has 2 aliphatic heterocycles. The number of nitrogens with one attached hydrogen (secondary N) is 2. The van der Waals surface area contributed by atoms with Crippen LogP contribution in [0.2, 0.25) is 0 Å². The third-order valence-corrected chi connectivity index (χ3v) is 6.46. The zero-order valence-corrected chi connectivity index (χ0v) is 14.5. The first-order valence-electron chi connectivity index (χ1n) is 7.96. The number of sulfone groups is 1. The normalized spacial score (nSPS) is 26.3. The van der Waals surface area contributed by atoms with Crippen molar-refractivity contribution in [1.82, 2.24) is 10.3 Å². The van der Waals surface area contributed by atoms with Crippen LogP contribution in [0.5, 0.6) is 0 Å². The average Bonchev–Trinajstić information content (AvgIpc) is 2.90. The quantitative estimate of drug-likeness (QED) is 0.751. The lowest BCUT2D eigenvalue weighted by Crippen LogP contribution is -2.38. The Hall–Kier alpha value is -2.45. The Bertz CT molecular complexity index is 958. The molecule has 1 aliphatic carbocycles. The van der Waals surface area contributed by atoms with E-state index in [1.54, 1.807) is 24.7 Å². The minimum absolute atomic E-state index is 0.115. The minimum atomic E-state index is -3.22. The van der Waals surface area contributed by atoms with E-state index in [9.17, 15) is 8.42 Å². The molecule has 0 saturated carbocycles. The van der Waals surface area contributed by atoms with Crippen molar-refractivity contribution in [2.75, 3.05) is 11.1 Å². The fourth-order valence-corrected chi connectivity index (χ4v) is 4.93. The van der Waals surface area contributed by atoms with E-state index < -0.39 is 15.4 Å². The molecule has 3 N–H and O–H groups in total. The molecule has 0 bridgehead atoms. The summed E-state index contributed by atoms with van der Waals surface area (Å²) in [7, 11) is -3.22. The Morgan fingerprint density at radius 2 is 2.24 bits per heavy atom. The maximum Gasteiger partial charge on any atom is 0.178 e. The highest BCUT2D eigenvalue weighted by Crippen LogP contribution is 2.44. The fourth-order valence-electron chi connectivity index (χ4n) is 3.39. The van der Waals surface area contributed by atoms with E-state index in [-0.39, 0.29) is 12.4 Å². The predicted octanol–water partition coefficient (Wildman–Crippen LogP) is 1.23. The molecule has 1 unspecified atom stereocenters. The molecule has 0 radical (unpaired) electrons. The second-order valence-corrected chi connectivity index (χ2v) is 8.44. The van der Waals surface area contributed by atoms with E-state index in [4.69, 9.17) is 5.11 Å². The van der Waals surface area contributed by atoms with Gasteiger partial charge in [-0.15, -0.1) is 0 Å². The first-order chi connectivity index (χ1) is 11.9. The fraction of sp³-hybridized carbons (Fsp3) is 0.294. The van der Waals surface area contributed by atoms with Crippen molar-refractivity contribution in [3.8, 4) is 0 Å². The first kappa shape index (κ1) is 16.0. The number of allylic oxidation sites excluding steroid dienone is 1. The van der Waals surface area contributed by atoms with Gasteiger partial charge in [-0.1, -0.05) is 6.08 Å². The summed E-state index contributed by atoms with van der Waals surface area (Å²) in [6.45, 7) is 1.84. The molecule has 1 aromatic heterocycles. The summed E-state index contributed by atoms with van der Waals surface area (Å²) in [4.78, 5) is 9.06. The maximum absolute atomic E-state index is 12.3. The Balaban J connectivity index is 1.79. The van der Waals surface area contributed by atoms with Gasteiger partial charge in [0, 0.05) is 5.57 Å². The van der Waals surface area contributed by atoms with Gasteiger partial charge in [-0.05, 0) is 37.1 Å². The zero-order chi connectivity index (χ0) is 17.7. The molecule has 1 aromatic rings. The number of aromatic nitrogens is 1. The van der Waals surface area contributed by atoms with Gasteiger partial charge in [0.15, 0.2) is 9.84 Å². The molecule has 0 amide bonds. The van der Waals surface area contributed by atoms with Gasteiger partial charge in [-0.3, -0.25) is 9.98 Å². The van der Waals surface area contributed by atoms with Crippen LogP contribution in [0, 0.1) is 0 Å². The van der Waals surface area contributed by atoms with Crippen LogP contribution in [-0.2, 0) is 16.4 Å². The molecule has 3 heterocycles. The number of hydrogen-bond acceptors (Lipinski definition) is 7. The highest BCUT2D eigenvalue weighted by Gasteiger charge is 2.42. The number of aliphatic hydroxyl groups excluding tert-OH is 1. The van der Waals surface area contributed by atoms with Crippen LogP contribution < -0.4 is 10.6 Å². The Labute approximate surface area is 145 Å². The van der Waals surface area contributed by atoms with E-state index in [0.717, 1.165) is 16.8 Å². The lowest BCUT2D eigenvalue weighted by Gasteiger charge is -2.34. The molecule has 0 spiro atoms. The van der Waals surface area contributed by atoms with E-state index in [1.165, 1.54) is 0 Å². The van der Waals surface area contributed by atoms with Gasteiger partial charge in [-0.2, -0.15) is 0 Å². The summed E-state index contributed by atoms with van der Waals surface area (Å²) < 4.78 is 24.5. The van der Waals surface area contributed by atoms with Crippen LogP contribution in [-0.4, -0.2) is 36.1 Å². The molecular formula is C17H18N4O3S. The number of fused-ring (bicyclic) bond motifs is 2. The smallest absolute Gasteiger partial charge is 0.178 e. The van der Waals surface area contributed by atoms with Crippen LogP contribution in [0.1, 0.15) is 19.0 Å². The molecule has 3 aliphatic rings. The molecule has 0 fully saturated rings. The lowest BCUT2D eigenvalue weighted by atomic mass is 9.81. The number of aliphatic imine (C=N–C) groups is 1. The van der Waals surface area contributed by atoms with E-state index >= 15 is 0 Å². The minimum Gasteiger partial charge on any atom is -0.390 e. The largest absolute Gasteiger partial charge is 0.390 e. The van der Waals surface area contributed by atoms with Crippen molar-refractivity contribution in [1.29, 1.82) is 0 Å². The summed E-state index contributed by atoms with van der Waals surface area (Å²) in [5.74, 6) is 0.829. The molecule has 8 heteroatoms. The van der Waals surface area contributed by atoms with Crippen molar-refractivity contribution in [2.24, 2.45) is 4.99 Å². The SMILES string of the molecule is CC12C=CC3=C(CCS3(=O)=O)C1=C(Nc1ccc(CO)nc1)NC=N2. The molecule has 130 valence electrons. The highest BCUT2D eigenvalue weighted by atomic mass is 32.2. The van der Waals surface area contributed by atoms with Crippen LogP contribution in [0.3, 0.4) is 0 Å². The van der Waals surface area contributed by atoms with Gasteiger partial charge in [-0.25, -0.2) is 8.42 Å². The summed E-state index contributed by atoms with van der Waals surface area (Å²) in [6.07, 6.45) is 7.23. The Kier molecular flexibility index (Phi) is 3.55. The molecule has 4 rings (SSSR count). The maximum atomic E-state index is 12.3. The van der Waals surface area contributed by atoms with Crippen molar-refractivity contribution in [3.63, 3.8) is 0 Å². The number of hydrogen-bond donors (Lipinski definition) is 3. The lowest BCUT2D eigenvalue weighted by molar-refractivity contribution is 0.277. The number of anilines is 1. The van der Waals surface area contributed by atoms with Crippen molar-refractivity contribution in [3.05, 3.63) is 58.0 Å². The van der Waals surface area contributed by atoms with E-state index in [0.29, 0.717) is 22.8 Å². The van der Waals surface area contributed by atoms with Crippen LogP contribution in [0.4, 0.5) is 5.69 Å². The second-order valence-electron chi connectivity index (χ2n) is 6.37. The molecular weight excluding hydrogens is 340 g/mol. The van der Waals surface area contributed by atoms with Crippen molar-refractivity contribution >= 4 is 21.9 Å². The standard InChI is InChI=1S/C17H18N4O3S/c1-17-6-4-14-13(5-7-25(14,23)24)15(17)16(19-10-20-17)21-11-2-3-12(9-22)18-8-11/h2-4,6,8,10,21-22H,5,7,9H2,1H3,(H,19,20). The van der Waals surface area contributed by atoms with Gasteiger partial charge in [0.25, 0.3) is 0 Å². The Morgan fingerprint density at radius 3 is 2.96 bits per heavy atom. The average molecular weight is 358 g/mol. The third kappa shape index (κ3) is 2.58. The van der Waals surface area contributed by atoms with E-state index in [1.807, 2.05) is 19.1 Å². The summed E-state index contributed by atoms with van der Waals surface area (Å²) in [5.41, 5.74) is 2.38. The van der Waals surface area contributed by atoms with Gasteiger partial charge in [0.05, 0.1) is 41.2 Å².